The zero-order valence-electron chi connectivity index (χ0n) is 13.7. The van der Waals surface area contributed by atoms with Crippen molar-refractivity contribution in [3.8, 4) is 0 Å². The van der Waals surface area contributed by atoms with E-state index in [2.05, 4.69) is 36.1 Å². The van der Waals surface area contributed by atoms with Crippen LogP contribution in [0.4, 0.5) is 15.5 Å². The Balaban J connectivity index is 1.24. The van der Waals surface area contributed by atoms with Crippen LogP contribution in [0.15, 0.2) is 36.7 Å². The van der Waals surface area contributed by atoms with Crippen molar-refractivity contribution in [3.63, 3.8) is 0 Å². The quantitative estimate of drug-likeness (QED) is 0.756. The molecule has 3 aromatic rings. The summed E-state index contributed by atoms with van der Waals surface area (Å²) in [4.78, 5) is 17.2. The molecule has 0 aliphatic carbocycles. The van der Waals surface area contributed by atoms with Gasteiger partial charge in [0, 0.05) is 39.3 Å². The third-order valence-corrected chi connectivity index (χ3v) is 5.25. The van der Waals surface area contributed by atoms with Crippen LogP contribution < -0.4 is 10.2 Å². The molecule has 1 aliphatic heterocycles. The number of benzene rings is 1. The first-order valence-electron chi connectivity index (χ1n) is 8.32. The van der Waals surface area contributed by atoms with Gasteiger partial charge in [0.05, 0.1) is 22.6 Å². The number of thiazole rings is 1. The van der Waals surface area contributed by atoms with Gasteiger partial charge in [0.25, 0.3) is 0 Å². The van der Waals surface area contributed by atoms with Crippen molar-refractivity contribution in [2.45, 2.75) is 0 Å². The molecule has 1 saturated heterocycles. The van der Waals surface area contributed by atoms with E-state index >= 15 is 0 Å². The fraction of sp³-hybridized carbons (Fsp3) is 0.353. The highest BCUT2D eigenvalue weighted by Gasteiger charge is 2.18. The van der Waals surface area contributed by atoms with Gasteiger partial charge in [0.1, 0.15) is 0 Å². The number of nitrogens with one attached hydrogen (secondary N) is 1. The molecule has 3 heterocycles. The lowest BCUT2D eigenvalue weighted by atomic mass is 10.3. The van der Waals surface area contributed by atoms with E-state index in [1.165, 1.54) is 17.1 Å². The molecule has 4 rings (SSSR count). The third-order valence-electron chi connectivity index (χ3n) is 4.26. The van der Waals surface area contributed by atoms with E-state index in [1.54, 1.807) is 11.3 Å². The summed E-state index contributed by atoms with van der Waals surface area (Å²) >= 11 is 1.69. The molecular weight excluding hydrogens is 339 g/mol. The third kappa shape index (κ3) is 3.85. The Morgan fingerprint density at radius 3 is 2.60 bits per heavy atom. The molecule has 6 nitrogen and oxygen atoms in total. The average Bonchev–Trinajstić information content (AvgIpc) is 3.06. The molecule has 0 saturated carbocycles. The molecule has 0 radical (unpaired) electrons. The molecule has 1 N–H and O–H groups in total. The summed E-state index contributed by atoms with van der Waals surface area (Å²) in [5, 5.41) is 4.39. The van der Waals surface area contributed by atoms with Gasteiger partial charge in [0.2, 0.25) is 5.95 Å². The number of piperazine rings is 1. The number of nitrogens with zero attached hydrogens (tertiary/aromatic N) is 5. The molecule has 1 aliphatic rings. The maximum atomic E-state index is 12.9. The van der Waals surface area contributed by atoms with E-state index in [-0.39, 0.29) is 0 Å². The lowest BCUT2D eigenvalue weighted by molar-refractivity contribution is 0.266. The highest BCUT2D eigenvalue weighted by atomic mass is 32.1. The standard InChI is InChI=1S/C17H19FN6S/c18-13-11-20-16(21-12-13)24-9-7-23(8-10-24)6-5-19-17-22-14-3-1-2-4-15(14)25-17/h1-4,11-12H,5-10H2,(H,19,22). The van der Waals surface area contributed by atoms with Crippen molar-refractivity contribution < 1.29 is 4.39 Å². The highest BCUT2D eigenvalue weighted by molar-refractivity contribution is 7.22. The first-order chi connectivity index (χ1) is 12.3. The number of rotatable bonds is 5. The van der Waals surface area contributed by atoms with Gasteiger partial charge in [-0.25, -0.2) is 19.3 Å². The van der Waals surface area contributed by atoms with Crippen LogP contribution in [-0.2, 0) is 0 Å². The summed E-state index contributed by atoms with van der Waals surface area (Å²) in [6.07, 6.45) is 2.44. The van der Waals surface area contributed by atoms with Crippen molar-refractivity contribution in [1.82, 2.24) is 19.9 Å². The predicted octanol–water partition coefficient (Wildman–Crippen LogP) is 2.46. The van der Waals surface area contributed by atoms with Crippen LogP contribution >= 0.6 is 11.3 Å². The first-order valence-corrected chi connectivity index (χ1v) is 9.14. The van der Waals surface area contributed by atoms with Crippen LogP contribution in [0.5, 0.6) is 0 Å². The predicted molar refractivity (Wildman–Crippen MR) is 98.8 cm³/mol. The summed E-state index contributed by atoms with van der Waals surface area (Å²) in [6, 6.07) is 8.17. The van der Waals surface area contributed by atoms with E-state index in [4.69, 9.17) is 0 Å². The number of aromatic nitrogens is 3. The average molecular weight is 358 g/mol. The normalized spacial score (nSPS) is 15.6. The summed E-state index contributed by atoms with van der Waals surface area (Å²) in [5.41, 5.74) is 1.04. The Bertz CT molecular complexity index is 796. The van der Waals surface area contributed by atoms with Gasteiger partial charge in [-0.05, 0) is 12.1 Å². The Morgan fingerprint density at radius 1 is 1.08 bits per heavy atom. The zero-order valence-corrected chi connectivity index (χ0v) is 14.5. The summed E-state index contributed by atoms with van der Waals surface area (Å²) in [6.45, 7) is 5.44. The minimum absolute atomic E-state index is 0.400. The van der Waals surface area contributed by atoms with Gasteiger partial charge < -0.3 is 10.2 Å². The van der Waals surface area contributed by atoms with Crippen LogP contribution in [0.25, 0.3) is 10.2 Å². The molecule has 0 unspecified atom stereocenters. The molecule has 130 valence electrons. The molecule has 2 aromatic heterocycles. The van der Waals surface area contributed by atoms with Crippen molar-refractivity contribution in [3.05, 3.63) is 42.5 Å². The van der Waals surface area contributed by atoms with E-state index in [0.29, 0.717) is 5.95 Å². The fourth-order valence-corrected chi connectivity index (χ4v) is 3.80. The van der Waals surface area contributed by atoms with E-state index in [1.807, 2.05) is 18.2 Å². The monoisotopic (exact) mass is 358 g/mol. The molecule has 25 heavy (non-hydrogen) atoms. The van der Waals surface area contributed by atoms with Gasteiger partial charge in [-0.1, -0.05) is 23.5 Å². The SMILES string of the molecule is Fc1cnc(N2CCN(CCNc3nc4ccccc4s3)CC2)nc1. The largest absolute Gasteiger partial charge is 0.360 e. The topological polar surface area (TPSA) is 57.2 Å². The molecule has 1 fully saturated rings. The number of hydrogen-bond acceptors (Lipinski definition) is 7. The number of hydrogen-bond donors (Lipinski definition) is 1. The first kappa shape index (κ1) is 16.2. The summed E-state index contributed by atoms with van der Waals surface area (Å²) < 4.78 is 14.1. The van der Waals surface area contributed by atoms with Crippen molar-refractivity contribution in [2.75, 3.05) is 49.5 Å². The molecule has 8 heteroatoms. The summed E-state index contributed by atoms with van der Waals surface area (Å²) in [5.74, 6) is 0.206. The molecule has 0 spiro atoms. The van der Waals surface area contributed by atoms with Crippen LogP contribution in [-0.4, -0.2) is 59.1 Å². The van der Waals surface area contributed by atoms with Crippen molar-refractivity contribution in [2.24, 2.45) is 0 Å². The fourth-order valence-electron chi connectivity index (χ4n) is 2.91. The second-order valence-electron chi connectivity index (χ2n) is 5.94. The molecule has 0 atom stereocenters. The van der Waals surface area contributed by atoms with Crippen molar-refractivity contribution >= 4 is 32.6 Å². The second kappa shape index (κ2) is 7.28. The van der Waals surface area contributed by atoms with Gasteiger partial charge in [-0.2, -0.15) is 0 Å². The number of fused-ring (bicyclic) bond motifs is 1. The Hall–Kier alpha value is -2.32. The Morgan fingerprint density at radius 2 is 1.84 bits per heavy atom. The van der Waals surface area contributed by atoms with E-state index < -0.39 is 5.82 Å². The number of halogens is 1. The van der Waals surface area contributed by atoms with Gasteiger partial charge in [0.15, 0.2) is 10.9 Å². The van der Waals surface area contributed by atoms with Crippen LogP contribution in [0.2, 0.25) is 0 Å². The Kier molecular flexibility index (Phi) is 4.71. The van der Waals surface area contributed by atoms with E-state index in [0.717, 1.165) is 49.9 Å². The van der Waals surface area contributed by atoms with E-state index in [9.17, 15) is 4.39 Å². The minimum atomic E-state index is -0.400. The highest BCUT2D eigenvalue weighted by Crippen LogP contribution is 2.25. The van der Waals surface area contributed by atoms with Crippen LogP contribution in [0, 0.1) is 5.82 Å². The lowest BCUT2D eigenvalue weighted by Crippen LogP contribution is -2.48. The number of anilines is 2. The molecule has 0 bridgehead atoms. The van der Waals surface area contributed by atoms with Crippen LogP contribution in [0.3, 0.4) is 0 Å². The number of para-hydroxylation sites is 1. The smallest absolute Gasteiger partial charge is 0.225 e. The Labute approximate surface area is 149 Å². The van der Waals surface area contributed by atoms with Crippen LogP contribution in [0.1, 0.15) is 0 Å². The zero-order chi connectivity index (χ0) is 17.1. The van der Waals surface area contributed by atoms with Gasteiger partial charge >= 0.3 is 0 Å². The minimum Gasteiger partial charge on any atom is -0.360 e. The second-order valence-corrected chi connectivity index (χ2v) is 6.97. The molecule has 0 amide bonds. The van der Waals surface area contributed by atoms with Crippen molar-refractivity contribution in [1.29, 1.82) is 0 Å². The lowest BCUT2D eigenvalue weighted by Gasteiger charge is -2.34. The molecular formula is C17H19FN6S. The van der Waals surface area contributed by atoms with Gasteiger partial charge in [-0.3, -0.25) is 4.90 Å². The maximum absolute atomic E-state index is 12.9. The van der Waals surface area contributed by atoms with Gasteiger partial charge in [-0.15, -0.1) is 0 Å². The summed E-state index contributed by atoms with van der Waals surface area (Å²) in [7, 11) is 0. The molecule has 1 aromatic carbocycles. The maximum Gasteiger partial charge on any atom is 0.225 e.